The predicted octanol–water partition coefficient (Wildman–Crippen LogP) is 3.57. The highest BCUT2D eigenvalue weighted by Crippen LogP contribution is 2.47. The van der Waals surface area contributed by atoms with Crippen molar-refractivity contribution in [3.8, 4) is 5.75 Å². The Morgan fingerprint density at radius 3 is 2.65 bits per heavy atom. The van der Waals surface area contributed by atoms with Crippen molar-refractivity contribution < 1.29 is 28.7 Å². The maximum absolute atomic E-state index is 14.0. The molecule has 3 heterocycles. The van der Waals surface area contributed by atoms with Gasteiger partial charge >= 0.3 is 5.97 Å². The van der Waals surface area contributed by atoms with Gasteiger partial charge in [0.25, 0.3) is 5.91 Å². The van der Waals surface area contributed by atoms with Gasteiger partial charge in [-0.05, 0) is 62.1 Å². The first-order chi connectivity index (χ1) is 19.2. The molecule has 1 spiro atoms. The van der Waals surface area contributed by atoms with E-state index in [0.717, 1.165) is 38.5 Å². The number of fused-ring (bicyclic) bond motifs is 1. The quantitative estimate of drug-likeness (QED) is 0.435. The van der Waals surface area contributed by atoms with Crippen molar-refractivity contribution in [2.24, 2.45) is 11.3 Å². The Bertz CT molecular complexity index is 1300. The molecule has 3 fully saturated rings. The van der Waals surface area contributed by atoms with Crippen LogP contribution in [0.1, 0.15) is 68.3 Å². The zero-order chi connectivity index (χ0) is 28.4. The minimum Gasteiger partial charge on any atom is -0.494 e. The number of benzene rings is 1. The Labute approximate surface area is 238 Å². The molecule has 1 aromatic carbocycles. The number of rotatable bonds is 7. The van der Waals surface area contributed by atoms with Crippen LogP contribution in [0.3, 0.4) is 0 Å². The van der Waals surface area contributed by atoms with Gasteiger partial charge in [0.2, 0.25) is 11.8 Å². The standard InChI is InChI=1S/C29H37ClN4O6/c1-39-24-18-14-21(32-20(18)9-8-19(24)30)27(37)34-16-29(10-4-3-5-11-29)15-23(34)26(36)33-22(28(38)40-2)13-17-7-6-12-31-25(17)35/h8-9,14,17,22-23,32H,3-7,10-13,15-16H2,1-2H3,(H,31,35)(H,33,36)/t17-,22?,23?/m0/s1. The number of halogens is 1. The van der Waals surface area contributed by atoms with Crippen LogP contribution < -0.4 is 15.4 Å². The van der Waals surface area contributed by atoms with E-state index >= 15 is 0 Å². The molecule has 2 saturated heterocycles. The van der Waals surface area contributed by atoms with Crippen molar-refractivity contribution in [1.29, 1.82) is 0 Å². The van der Waals surface area contributed by atoms with E-state index in [1.807, 2.05) is 0 Å². The Morgan fingerprint density at radius 1 is 1.18 bits per heavy atom. The molecule has 3 N–H and O–H groups in total. The van der Waals surface area contributed by atoms with Crippen LogP contribution in [0.25, 0.3) is 10.9 Å². The van der Waals surface area contributed by atoms with Crippen LogP contribution in [0.15, 0.2) is 18.2 Å². The van der Waals surface area contributed by atoms with Crippen LogP contribution in [0.4, 0.5) is 0 Å². The third-order valence-corrected chi connectivity index (χ3v) is 9.15. The summed E-state index contributed by atoms with van der Waals surface area (Å²) in [6.45, 7) is 1.07. The normalized spacial score (nSPS) is 23.1. The smallest absolute Gasteiger partial charge is 0.328 e. The largest absolute Gasteiger partial charge is 0.494 e. The number of aromatic nitrogens is 1. The van der Waals surface area contributed by atoms with Gasteiger partial charge in [0.1, 0.15) is 23.5 Å². The molecule has 1 aromatic heterocycles. The van der Waals surface area contributed by atoms with E-state index in [1.165, 1.54) is 14.2 Å². The molecule has 1 aliphatic carbocycles. The Kier molecular flexibility index (Phi) is 8.26. The van der Waals surface area contributed by atoms with Gasteiger partial charge in [0.15, 0.2) is 0 Å². The van der Waals surface area contributed by atoms with E-state index in [0.29, 0.717) is 53.3 Å². The van der Waals surface area contributed by atoms with E-state index in [9.17, 15) is 19.2 Å². The lowest BCUT2D eigenvalue weighted by molar-refractivity contribution is -0.146. The number of carbonyl (C=O) groups excluding carboxylic acids is 4. The average Bonchev–Trinajstić information content (AvgIpc) is 3.55. The summed E-state index contributed by atoms with van der Waals surface area (Å²) in [6, 6.07) is 3.47. The molecule has 216 valence electrons. The van der Waals surface area contributed by atoms with Gasteiger partial charge in [-0.2, -0.15) is 0 Å². The first-order valence-electron chi connectivity index (χ1n) is 14.1. The monoisotopic (exact) mass is 572 g/mol. The van der Waals surface area contributed by atoms with Crippen LogP contribution in [-0.4, -0.2) is 73.0 Å². The molecule has 2 aromatic rings. The predicted molar refractivity (Wildman–Crippen MR) is 149 cm³/mol. The van der Waals surface area contributed by atoms with Crippen molar-refractivity contribution in [3.63, 3.8) is 0 Å². The second-order valence-corrected chi connectivity index (χ2v) is 11.8. The average molecular weight is 573 g/mol. The molecular formula is C29H37ClN4O6. The van der Waals surface area contributed by atoms with Crippen LogP contribution in [0.5, 0.6) is 5.75 Å². The number of hydrogen-bond donors (Lipinski definition) is 3. The third kappa shape index (κ3) is 5.50. The number of H-pyrrole nitrogens is 1. The van der Waals surface area contributed by atoms with Crippen molar-refractivity contribution >= 4 is 46.2 Å². The van der Waals surface area contributed by atoms with Crippen LogP contribution in [-0.2, 0) is 19.1 Å². The molecule has 40 heavy (non-hydrogen) atoms. The first-order valence-corrected chi connectivity index (χ1v) is 14.4. The molecule has 3 amide bonds. The fraction of sp³-hybridized carbons (Fsp3) is 0.586. The van der Waals surface area contributed by atoms with Crippen molar-refractivity contribution in [2.45, 2.75) is 69.9 Å². The van der Waals surface area contributed by atoms with Gasteiger partial charge in [0, 0.05) is 29.9 Å². The summed E-state index contributed by atoms with van der Waals surface area (Å²) in [5.41, 5.74) is 0.894. The first kappa shape index (κ1) is 28.3. The molecule has 3 atom stereocenters. The number of aromatic amines is 1. The number of ether oxygens (including phenoxy) is 2. The molecule has 11 heteroatoms. The maximum atomic E-state index is 14.0. The number of piperidine rings is 1. The summed E-state index contributed by atoms with van der Waals surface area (Å²) >= 11 is 6.30. The summed E-state index contributed by atoms with van der Waals surface area (Å²) in [7, 11) is 2.79. The summed E-state index contributed by atoms with van der Waals surface area (Å²) in [5, 5.41) is 6.80. The highest BCUT2D eigenvalue weighted by atomic mass is 35.5. The zero-order valence-corrected chi connectivity index (χ0v) is 23.8. The number of hydrogen-bond acceptors (Lipinski definition) is 6. The van der Waals surface area contributed by atoms with Gasteiger partial charge in [0.05, 0.1) is 19.2 Å². The SMILES string of the molecule is COC(=O)C(C[C@@H]1CCCNC1=O)NC(=O)C1CC2(CCCCC2)CN1C(=O)c1cc2c(OC)c(Cl)ccc2[nH]1. The number of amides is 3. The van der Waals surface area contributed by atoms with Gasteiger partial charge in [-0.3, -0.25) is 14.4 Å². The second kappa shape index (κ2) is 11.7. The van der Waals surface area contributed by atoms with Crippen molar-refractivity contribution in [3.05, 3.63) is 28.9 Å². The Hall–Kier alpha value is -3.27. The molecule has 5 rings (SSSR count). The fourth-order valence-electron chi connectivity index (χ4n) is 6.77. The van der Waals surface area contributed by atoms with Gasteiger partial charge < -0.3 is 30.0 Å². The topological polar surface area (TPSA) is 130 Å². The van der Waals surface area contributed by atoms with Crippen LogP contribution in [0, 0.1) is 11.3 Å². The number of carbonyl (C=O) groups is 4. The molecule has 2 unspecified atom stereocenters. The molecule has 1 saturated carbocycles. The highest BCUT2D eigenvalue weighted by Gasteiger charge is 2.49. The van der Waals surface area contributed by atoms with Gasteiger partial charge in [-0.15, -0.1) is 0 Å². The number of likely N-dealkylation sites (tertiary alicyclic amines) is 1. The fourth-order valence-corrected chi connectivity index (χ4v) is 7.01. The molecular weight excluding hydrogens is 536 g/mol. The lowest BCUT2D eigenvalue weighted by Gasteiger charge is -2.32. The van der Waals surface area contributed by atoms with E-state index in [4.69, 9.17) is 21.1 Å². The summed E-state index contributed by atoms with van der Waals surface area (Å²) in [4.78, 5) is 57.7. The lowest BCUT2D eigenvalue weighted by Crippen LogP contribution is -2.52. The highest BCUT2D eigenvalue weighted by molar-refractivity contribution is 6.33. The summed E-state index contributed by atoms with van der Waals surface area (Å²) in [5.74, 6) is -1.34. The van der Waals surface area contributed by atoms with E-state index < -0.39 is 29.9 Å². The molecule has 0 radical (unpaired) electrons. The van der Waals surface area contributed by atoms with E-state index in [2.05, 4.69) is 15.6 Å². The van der Waals surface area contributed by atoms with E-state index in [1.54, 1.807) is 23.1 Å². The Balaban J connectivity index is 1.41. The molecule has 3 aliphatic rings. The second-order valence-electron chi connectivity index (χ2n) is 11.4. The van der Waals surface area contributed by atoms with Crippen LogP contribution >= 0.6 is 11.6 Å². The van der Waals surface area contributed by atoms with Gasteiger partial charge in [-0.25, -0.2) is 4.79 Å². The lowest BCUT2D eigenvalue weighted by atomic mass is 9.72. The number of nitrogens with zero attached hydrogens (tertiary/aromatic N) is 1. The third-order valence-electron chi connectivity index (χ3n) is 8.85. The van der Waals surface area contributed by atoms with Gasteiger partial charge in [-0.1, -0.05) is 30.9 Å². The van der Waals surface area contributed by atoms with Crippen LogP contribution in [0.2, 0.25) is 5.02 Å². The maximum Gasteiger partial charge on any atom is 0.328 e. The molecule has 0 bridgehead atoms. The molecule has 10 nitrogen and oxygen atoms in total. The number of methoxy groups -OCH3 is 2. The minimum absolute atomic E-state index is 0.123. The van der Waals surface area contributed by atoms with E-state index in [-0.39, 0.29) is 23.7 Å². The van der Waals surface area contributed by atoms with Crippen molar-refractivity contribution in [1.82, 2.24) is 20.5 Å². The summed E-state index contributed by atoms with van der Waals surface area (Å²) < 4.78 is 10.4. The number of esters is 1. The number of nitrogens with one attached hydrogen (secondary N) is 3. The zero-order valence-electron chi connectivity index (χ0n) is 23.0. The minimum atomic E-state index is -0.981. The Morgan fingerprint density at radius 2 is 1.95 bits per heavy atom. The summed E-state index contributed by atoms with van der Waals surface area (Å²) in [6.07, 6.45) is 7.27. The van der Waals surface area contributed by atoms with Crippen molar-refractivity contribution in [2.75, 3.05) is 27.3 Å². The molecule has 2 aliphatic heterocycles.